The lowest BCUT2D eigenvalue weighted by molar-refractivity contribution is -0.136. The standard InChI is InChI=1S/C70H99N15O12S3/c1-41(87)57(38-86)79-66(94)59-40-100-99-39-58(80-63(91)55(33-46-21-13-10-14-22-46)82-68(98)75-50-28-26-47(27-29-50)31-48(35-73-69(5,6)43(3)84-96)36-74-70(7,8)44(4)85-97)65(93)77-54(32-45-19-11-9-12-20-45)62(90)78-56(34-49-37-72-52-24-16-15-23-51(49)52)64(92)76-53(25-17-18-30-71)61(89)83-60(42(2)88)67(95)81-59/h9-16,19-24,26-29,37,41-42,48,53-60,72-74,86-88,96-97H,17-18,25,30-36,38-40,71H2,1-8H3,(H,76,92)(H,77,93)(H,78,90)(H,79,94)(H,80,91)(H,81,95)(H,83,89)(H2,75,82,98)/p-1/b84-43-,85-44+. The average molecular weight is 1440 g/mol. The highest BCUT2D eigenvalue weighted by atomic mass is 33.1. The van der Waals surface area contributed by atoms with Crippen molar-refractivity contribution in [2.45, 2.75) is 172 Å². The Balaban J connectivity index is 1.36. The average Bonchev–Trinajstić information content (AvgIpc) is 1.62. The summed E-state index contributed by atoms with van der Waals surface area (Å²) in [6, 6.07) is 21.6. The summed E-state index contributed by atoms with van der Waals surface area (Å²) < 4.78 is 0. The molecule has 0 aliphatic carbocycles. The zero-order valence-electron chi connectivity index (χ0n) is 57.8. The SMILES string of the molecule is C/C(=N/[O-])C(C)(C)NCC(CNC(C)(C)/C(C)=N/O)Cc1ccc(NC(=S)NC(Cc2ccccc2)C(=O)NC2CSSCC(C(=O)NC(CO)C(C)O)NC(=O)C(C(C)O)NC(=O)C(CCCCN)NC(=O)C(Cc3c[nH]c4ccccc34)NC(=O)C(Cc3ccccc3)NC2=O)cc1. The fourth-order valence-corrected chi connectivity index (χ4v) is 13.3. The van der Waals surface area contributed by atoms with Gasteiger partial charge in [-0.2, -0.15) is 0 Å². The van der Waals surface area contributed by atoms with Gasteiger partial charge < -0.3 is 100 Å². The Morgan fingerprint density at radius 2 is 1.26 bits per heavy atom. The van der Waals surface area contributed by atoms with E-state index in [-0.39, 0.29) is 54.8 Å². The van der Waals surface area contributed by atoms with Gasteiger partial charge in [0.15, 0.2) is 5.11 Å². The second-order valence-corrected chi connectivity index (χ2v) is 29.1. The summed E-state index contributed by atoms with van der Waals surface area (Å²) in [7, 11) is 2.01. The zero-order valence-corrected chi connectivity index (χ0v) is 60.2. The molecule has 1 aliphatic rings. The van der Waals surface area contributed by atoms with Crippen LogP contribution >= 0.6 is 33.8 Å². The number of nitrogens with two attached hydrogens (primary N) is 1. The van der Waals surface area contributed by atoms with Crippen LogP contribution in [0.25, 0.3) is 10.9 Å². The number of unbranched alkanes of at least 4 members (excludes halogenated alkanes) is 1. The molecule has 27 nitrogen and oxygen atoms in total. The molecule has 5 aromatic rings. The second-order valence-electron chi connectivity index (χ2n) is 26.2. The number of para-hydroxylation sites is 1. The lowest BCUT2D eigenvalue weighted by atomic mass is 9.93. The number of fused-ring (bicyclic) bond motifs is 1. The summed E-state index contributed by atoms with van der Waals surface area (Å²) >= 11 is 5.90. The Morgan fingerprint density at radius 3 is 1.87 bits per heavy atom. The van der Waals surface area contributed by atoms with E-state index in [9.17, 15) is 44.9 Å². The first kappa shape index (κ1) is 80.8. The molecule has 0 spiro atoms. The van der Waals surface area contributed by atoms with Crippen LogP contribution in [-0.4, -0.2) is 193 Å². The van der Waals surface area contributed by atoms with E-state index >= 15 is 14.4 Å². The molecular weight excluding hydrogens is 1340 g/mol. The van der Waals surface area contributed by atoms with Gasteiger partial charge in [0.2, 0.25) is 41.4 Å². The lowest BCUT2D eigenvalue weighted by Gasteiger charge is -2.32. The highest BCUT2D eigenvalue weighted by Gasteiger charge is 2.37. The largest absolute Gasteiger partial charge is 0.792 e. The minimum atomic E-state index is -1.71. The monoisotopic (exact) mass is 1440 g/mol. The van der Waals surface area contributed by atoms with E-state index in [1.807, 2.05) is 107 Å². The van der Waals surface area contributed by atoms with Crippen molar-refractivity contribution < 1.29 is 54.1 Å². The number of aliphatic hydroxyl groups excluding tert-OH is 3. The van der Waals surface area contributed by atoms with Gasteiger partial charge in [-0.05, 0) is 146 Å². The van der Waals surface area contributed by atoms with Gasteiger partial charge in [-0.3, -0.25) is 33.6 Å². The van der Waals surface area contributed by atoms with Gasteiger partial charge in [-0.15, -0.1) is 0 Å². The molecule has 1 fully saturated rings. The fraction of sp³-hybridized carbons (Fsp3) is 0.486. The summed E-state index contributed by atoms with van der Waals surface area (Å²) in [5.41, 5.74) is 9.71. The van der Waals surface area contributed by atoms with Crippen molar-refractivity contribution >= 4 is 108 Å². The van der Waals surface area contributed by atoms with E-state index < -0.39 is 120 Å². The van der Waals surface area contributed by atoms with Crippen LogP contribution in [0.5, 0.6) is 0 Å². The van der Waals surface area contributed by atoms with Gasteiger partial charge in [0, 0.05) is 72.4 Å². The summed E-state index contributed by atoms with van der Waals surface area (Å²) in [6.45, 7) is 14.2. The maximum absolute atomic E-state index is 15.3. The van der Waals surface area contributed by atoms with Gasteiger partial charge in [-0.1, -0.05) is 118 Å². The number of carbonyl (C=O) groups is 7. The molecule has 0 radical (unpaired) electrons. The molecule has 30 heteroatoms. The van der Waals surface area contributed by atoms with Crippen LogP contribution in [0.15, 0.2) is 126 Å². The maximum Gasteiger partial charge on any atom is 0.245 e. The van der Waals surface area contributed by atoms with E-state index in [0.717, 1.165) is 43.6 Å². The number of aliphatic hydroxyl groups is 3. The molecule has 100 heavy (non-hydrogen) atoms. The van der Waals surface area contributed by atoms with Crippen molar-refractivity contribution in [3.8, 4) is 0 Å². The number of hydrogen-bond donors (Lipinski definition) is 17. The number of oxime groups is 1. The number of benzene rings is 4. The molecule has 4 aromatic carbocycles. The Labute approximate surface area is 597 Å². The van der Waals surface area contributed by atoms with Crippen molar-refractivity contribution in [1.29, 1.82) is 0 Å². The molecular formula is C70H98N15O12S3-. The van der Waals surface area contributed by atoms with Crippen molar-refractivity contribution in [3.63, 3.8) is 0 Å². The smallest absolute Gasteiger partial charge is 0.245 e. The van der Waals surface area contributed by atoms with Crippen LogP contribution in [0.2, 0.25) is 0 Å². The van der Waals surface area contributed by atoms with Gasteiger partial charge in [-0.25, -0.2) is 0 Å². The molecule has 6 rings (SSSR count). The zero-order chi connectivity index (χ0) is 73.1. The fourth-order valence-electron chi connectivity index (χ4n) is 10.7. The molecule has 1 saturated heterocycles. The first-order chi connectivity index (χ1) is 47.6. The third-order valence-corrected chi connectivity index (χ3v) is 20.3. The molecule has 11 atom stereocenters. The van der Waals surface area contributed by atoms with E-state index in [0.29, 0.717) is 60.6 Å². The van der Waals surface area contributed by atoms with Crippen molar-refractivity contribution in [1.82, 2.24) is 58.2 Å². The van der Waals surface area contributed by atoms with Crippen LogP contribution in [0, 0.1) is 11.1 Å². The number of carbonyl (C=O) groups excluding carboxylic acids is 7. The number of rotatable bonds is 29. The summed E-state index contributed by atoms with van der Waals surface area (Å²) in [4.78, 5) is 107. The van der Waals surface area contributed by atoms with Gasteiger partial charge in [0.05, 0.1) is 41.6 Å². The number of aromatic nitrogens is 1. The number of anilines is 1. The Bertz CT molecular complexity index is 3530. The van der Waals surface area contributed by atoms with Crippen LogP contribution in [-0.2, 0) is 59.2 Å². The van der Waals surface area contributed by atoms with E-state index in [2.05, 4.69) is 73.8 Å². The molecule has 1 aromatic heterocycles. The number of thiocarbonyl (C=S) groups is 1. The second kappa shape index (κ2) is 39.7. The van der Waals surface area contributed by atoms with Crippen LogP contribution in [0.3, 0.4) is 0 Å². The van der Waals surface area contributed by atoms with Crippen LogP contribution < -0.4 is 64.2 Å². The molecule has 2 heterocycles. The van der Waals surface area contributed by atoms with E-state index in [1.165, 1.54) is 13.8 Å². The molecule has 0 bridgehead atoms. The molecule has 544 valence electrons. The number of hydrogen-bond acceptors (Lipinski definition) is 20. The summed E-state index contributed by atoms with van der Waals surface area (Å²) in [5, 5.41) is 92.6. The quantitative estimate of drug-likeness (QED) is 0.00817. The first-order valence-electron chi connectivity index (χ1n) is 33.4. The van der Waals surface area contributed by atoms with Gasteiger partial charge in [0.25, 0.3) is 0 Å². The minimum absolute atomic E-state index is 0.000549. The number of nitrogens with one attached hydrogen (secondary N) is 12. The highest BCUT2D eigenvalue weighted by molar-refractivity contribution is 8.76. The molecule has 7 amide bonds. The van der Waals surface area contributed by atoms with Gasteiger partial charge in [0.1, 0.15) is 42.3 Å². The van der Waals surface area contributed by atoms with Crippen LogP contribution in [0.4, 0.5) is 5.69 Å². The number of aromatic amines is 1. The van der Waals surface area contributed by atoms with Crippen molar-refractivity contribution in [2.75, 3.05) is 43.1 Å². The highest BCUT2D eigenvalue weighted by Crippen LogP contribution is 2.25. The first-order valence-corrected chi connectivity index (χ1v) is 36.2. The van der Waals surface area contributed by atoms with Crippen molar-refractivity contribution in [2.24, 2.45) is 22.0 Å². The topological polar surface area (TPSA) is 422 Å². The van der Waals surface area contributed by atoms with Crippen molar-refractivity contribution in [3.05, 3.63) is 143 Å². The summed E-state index contributed by atoms with van der Waals surface area (Å²) in [5.74, 6) is -6.40. The van der Waals surface area contributed by atoms with E-state index in [1.54, 1.807) is 50.4 Å². The molecule has 0 saturated carbocycles. The summed E-state index contributed by atoms with van der Waals surface area (Å²) in [6.07, 6.45) is 0.0595. The molecule has 18 N–H and O–H groups in total. The third-order valence-electron chi connectivity index (χ3n) is 17.6. The predicted molar refractivity (Wildman–Crippen MR) is 396 cm³/mol. The number of nitrogens with zero attached hydrogens (tertiary/aromatic N) is 2. The Morgan fingerprint density at radius 1 is 0.690 bits per heavy atom. The number of amides is 7. The Kier molecular flexibility index (Phi) is 32.1. The minimum Gasteiger partial charge on any atom is -0.792 e. The predicted octanol–water partition coefficient (Wildman–Crippen LogP) is 2.93. The van der Waals surface area contributed by atoms with Gasteiger partial charge >= 0.3 is 0 Å². The van der Waals surface area contributed by atoms with Crippen LogP contribution in [0.1, 0.15) is 96.9 Å². The molecule has 11 unspecified atom stereocenters. The molecule has 1 aliphatic heterocycles. The third kappa shape index (κ3) is 25.1. The maximum atomic E-state index is 15.3. The Hall–Kier alpha value is -8.20. The lowest BCUT2D eigenvalue weighted by Crippen LogP contribution is -2.62. The van der Waals surface area contributed by atoms with E-state index in [4.69, 9.17) is 18.0 Å². The number of H-pyrrole nitrogens is 1. The normalized spacial score (nSPS) is 20.6.